The van der Waals surface area contributed by atoms with Crippen molar-refractivity contribution in [3.8, 4) is 5.75 Å². The van der Waals surface area contributed by atoms with E-state index in [0.29, 0.717) is 43.0 Å². The number of aryl methyl sites for hydroxylation is 1. The molecule has 2 bridgehead atoms. The van der Waals surface area contributed by atoms with E-state index in [1.165, 1.54) is 6.07 Å². The fraction of sp³-hybridized carbons (Fsp3) is 0.395. The normalized spacial score (nSPS) is 18.6. The Bertz CT molecular complexity index is 1780. The second-order valence-corrected chi connectivity index (χ2v) is 13.1. The highest BCUT2D eigenvalue weighted by atomic mass is 19.2. The van der Waals surface area contributed by atoms with E-state index in [1.54, 1.807) is 28.0 Å². The Hall–Kier alpha value is -4.71. The molecule has 2 fully saturated rings. The quantitative estimate of drug-likeness (QED) is 0.122. The summed E-state index contributed by atoms with van der Waals surface area (Å²) in [7, 11) is 0. The molecule has 6 rings (SSSR count). The van der Waals surface area contributed by atoms with Gasteiger partial charge in [0.15, 0.2) is 17.4 Å². The lowest BCUT2D eigenvalue weighted by Gasteiger charge is -2.45. The van der Waals surface area contributed by atoms with Crippen LogP contribution in [0, 0.1) is 23.3 Å². The van der Waals surface area contributed by atoms with Crippen molar-refractivity contribution in [1.82, 2.24) is 15.1 Å². The van der Waals surface area contributed by atoms with Crippen LogP contribution in [0.3, 0.4) is 0 Å². The number of nitrogens with one attached hydrogen (secondary N) is 1. The first-order valence-corrected chi connectivity index (χ1v) is 17.0. The predicted octanol–water partition coefficient (Wildman–Crippen LogP) is 6.03. The van der Waals surface area contributed by atoms with E-state index in [0.717, 1.165) is 35.6 Å². The molecule has 50 heavy (non-hydrogen) atoms. The number of hydrogen-bond acceptors (Lipinski definition) is 5. The lowest BCUT2D eigenvalue weighted by Crippen LogP contribution is -2.62. The maximum Gasteiger partial charge on any atom is 0.303 e. The third kappa shape index (κ3) is 8.18. The average Bonchev–Trinajstić information content (AvgIpc) is 3.94. The zero-order chi connectivity index (χ0) is 35.4. The van der Waals surface area contributed by atoms with Crippen LogP contribution >= 0.6 is 0 Å². The number of aliphatic carboxylic acids is 1. The fourth-order valence-electron chi connectivity index (χ4n) is 6.80. The number of hydrogen-bond donors (Lipinski definition) is 2. The molecule has 0 radical (unpaired) electrons. The van der Waals surface area contributed by atoms with E-state index < -0.39 is 35.2 Å². The molecular formula is C38H39F4N3O5. The molecule has 3 aromatic carbocycles. The van der Waals surface area contributed by atoms with E-state index in [2.05, 4.69) is 5.32 Å². The first-order chi connectivity index (χ1) is 24.1. The van der Waals surface area contributed by atoms with E-state index in [1.807, 2.05) is 24.3 Å². The monoisotopic (exact) mass is 693 g/mol. The van der Waals surface area contributed by atoms with Crippen molar-refractivity contribution in [2.45, 2.75) is 76.0 Å². The Labute approximate surface area is 287 Å². The van der Waals surface area contributed by atoms with Gasteiger partial charge in [-0.25, -0.2) is 13.2 Å². The first-order valence-electron chi connectivity index (χ1n) is 17.0. The van der Waals surface area contributed by atoms with Crippen LogP contribution in [0.5, 0.6) is 5.75 Å². The van der Waals surface area contributed by atoms with Gasteiger partial charge in [0.2, 0.25) is 11.7 Å². The van der Waals surface area contributed by atoms with E-state index in [9.17, 15) is 31.9 Å². The summed E-state index contributed by atoms with van der Waals surface area (Å²) in [5, 5.41) is 12.6. The number of benzene rings is 3. The molecule has 12 heteroatoms. The van der Waals surface area contributed by atoms with Gasteiger partial charge >= 0.3 is 5.97 Å². The molecule has 2 amide bonds. The molecule has 3 aromatic rings. The van der Waals surface area contributed by atoms with E-state index >= 15 is 0 Å². The van der Waals surface area contributed by atoms with Crippen molar-refractivity contribution < 1.29 is 41.8 Å². The molecule has 1 saturated carbocycles. The van der Waals surface area contributed by atoms with Crippen LogP contribution in [0.4, 0.5) is 17.6 Å². The molecule has 2 N–H and O–H groups in total. The molecule has 0 spiro atoms. The van der Waals surface area contributed by atoms with Crippen LogP contribution in [0.15, 0.2) is 66.2 Å². The van der Waals surface area contributed by atoms with Crippen LogP contribution < -0.4 is 10.1 Å². The lowest BCUT2D eigenvalue weighted by atomic mass is 9.82. The van der Waals surface area contributed by atoms with Crippen molar-refractivity contribution in [1.29, 1.82) is 0 Å². The molecule has 0 unspecified atom stereocenters. The van der Waals surface area contributed by atoms with Crippen molar-refractivity contribution in [3.63, 3.8) is 0 Å². The molecule has 3 aliphatic rings. The molecular weight excluding hydrogens is 654 g/mol. The van der Waals surface area contributed by atoms with Gasteiger partial charge in [0.1, 0.15) is 5.82 Å². The number of rotatable bonds is 14. The van der Waals surface area contributed by atoms with Gasteiger partial charge in [0.05, 0.1) is 12.6 Å². The second-order valence-electron chi connectivity index (χ2n) is 13.1. The molecule has 8 nitrogen and oxygen atoms in total. The molecule has 1 saturated heterocycles. The number of carboxylic acid groups (broad SMARTS) is 1. The number of amides is 2. The van der Waals surface area contributed by atoms with Gasteiger partial charge in [-0.1, -0.05) is 42.5 Å². The van der Waals surface area contributed by atoms with Gasteiger partial charge < -0.3 is 25.0 Å². The highest BCUT2D eigenvalue weighted by molar-refractivity contribution is 6.03. The summed E-state index contributed by atoms with van der Waals surface area (Å²) in [4.78, 5) is 42.2. The number of nitrogens with zero attached hydrogens (tertiary/aromatic N) is 2. The number of carbonyl (C=O) groups excluding carboxylic acids is 2. The van der Waals surface area contributed by atoms with Gasteiger partial charge in [-0.2, -0.15) is 4.39 Å². The summed E-state index contributed by atoms with van der Waals surface area (Å²) in [5.41, 5.74) is 3.58. The second kappa shape index (κ2) is 15.5. The number of carbonyl (C=O) groups is 3. The predicted molar refractivity (Wildman–Crippen MR) is 177 cm³/mol. The zero-order valence-corrected chi connectivity index (χ0v) is 27.5. The zero-order valence-electron chi connectivity index (χ0n) is 27.5. The maximum absolute atomic E-state index is 14.8. The van der Waals surface area contributed by atoms with Gasteiger partial charge in [0.25, 0.3) is 5.91 Å². The van der Waals surface area contributed by atoms with Crippen molar-refractivity contribution in [2.75, 3.05) is 19.7 Å². The lowest BCUT2D eigenvalue weighted by molar-refractivity contribution is -0.138. The fourth-order valence-corrected chi connectivity index (χ4v) is 6.80. The Morgan fingerprint density at radius 1 is 0.880 bits per heavy atom. The smallest absolute Gasteiger partial charge is 0.303 e. The average molecular weight is 694 g/mol. The van der Waals surface area contributed by atoms with Crippen molar-refractivity contribution in [2.24, 2.45) is 0 Å². The van der Waals surface area contributed by atoms with Crippen molar-refractivity contribution >= 4 is 23.4 Å². The van der Waals surface area contributed by atoms with Crippen molar-refractivity contribution in [3.05, 3.63) is 106 Å². The maximum atomic E-state index is 14.8. The highest BCUT2D eigenvalue weighted by Gasteiger charge is 2.43. The van der Waals surface area contributed by atoms with Crippen LogP contribution in [0.2, 0.25) is 0 Å². The number of halogens is 4. The molecule has 0 aromatic heterocycles. The Morgan fingerprint density at radius 2 is 1.62 bits per heavy atom. The number of piperazine rings is 1. The minimum atomic E-state index is -1.36. The summed E-state index contributed by atoms with van der Waals surface area (Å²) < 4.78 is 61.3. The SMILES string of the molecule is O=C(O)CCCC(=O)N1C[C@H]2CC(c3ccc(CCCOc4c(F)ccc(F)c4F)cc3)=C(C(=O)N(Cc3ccccc3F)C3CC3)[C@@H](C1)N2. The molecule has 264 valence electrons. The van der Waals surface area contributed by atoms with Crippen LogP contribution in [-0.4, -0.2) is 70.5 Å². The van der Waals surface area contributed by atoms with Gasteiger partial charge in [-0.3, -0.25) is 14.4 Å². The first kappa shape index (κ1) is 35.1. The third-order valence-corrected chi connectivity index (χ3v) is 9.48. The van der Waals surface area contributed by atoms with Crippen LogP contribution in [-0.2, 0) is 27.3 Å². The molecule has 2 aliphatic heterocycles. The molecule has 2 heterocycles. The summed E-state index contributed by atoms with van der Waals surface area (Å²) >= 11 is 0. The summed E-state index contributed by atoms with van der Waals surface area (Å²) in [6.45, 7) is 0.753. The van der Waals surface area contributed by atoms with E-state index in [4.69, 9.17) is 9.84 Å². The standard InChI is InChI=1S/C38H39F4N3O5/c39-29-7-2-1-6-25(29)20-45(27-14-15-27)38(49)35-28(19-26-21-44(22-32(35)43-26)33(46)8-3-9-34(47)48)24-12-10-23(11-13-24)5-4-18-50-37-31(41)17-16-30(40)36(37)42/h1-2,6-7,10-13,16-17,26-27,32,43H,3-5,8-9,14-15,18-22H2,(H,47,48)/t26-,32-/m1/s1. The number of ether oxygens (including phenoxy) is 1. The Kier molecular flexibility index (Phi) is 10.9. The third-order valence-electron chi connectivity index (χ3n) is 9.48. The summed E-state index contributed by atoms with van der Waals surface area (Å²) in [6.07, 6.45) is 3.26. The topological polar surface area (TPSA) is 99.2 Å². The van der Waals surface area contributed by atoms with Crippen LogP contribution in [0.25, 0.3) is 5.57 Å². The minimum Gasteiger partial charge on any atom is -0.488 e. The summed E-state index contributed by atoms with van der Waals surface area (Å²) in [5.74, 6) is -5.97. The van der Waals surface area contributed by atoms with E-state index in [-0.39, 0.29) is 68.7 Å². The largest absolute Gasteiger partial charge is 0.488 e. The Balaban J connectivity index is 1.22. The van der Waals surface area contributed by atoms with Gasteiger partial charge in [-0.15, -0.1) is 0 Å². The molecule has 2 atom stereocenters. The van der Waals surface area contributed by atoms with Crippen LogP contribution in [0.1, 0.15) is 61.6 Å². The molecule has 1 aliphatic carbocycles. The highest BCUT2D eigenvalue weighted by Crippen LogP contribution is 2.38. The Morgan fingerprint density at radius 3 is 2.34 bits per heavy atom. The summed E-state index contributed by atoms with van der Waals surface area (Å²) in [6, 6.07) is 15.0. The van der Waals surface area contributed by atoms with Gasteiger partial charge in [-0.05, 0) is 73.4 Å². The number of carboxylic acids is 1. The minimum absolute atomic E-state index is 0.0233. The number of fused-ring (bicyclic) bond motifs is 2. The van der Waals surface area contributed by atoms with Gasteiger partial charge in [0, 0.05) is 55.7 Å².